The van der Waals surface area contributed by atoms with E-state index in [9.17, 15) is 18.0 Å². The first-order valence-corrected chi connectivity index (χ1v) is 10.4. The van der Waals surface area contributed by atoms with Crippen molar-refractivity contribution < 1.29 is 31.9 Å². The molecule has 3 aromatic rings. The lowest BCUT2D eigenvalue weighted by Gasteiger charge is -2.22. The van der Waals surface area contributed by atoms with Gasteiger partial charge in [-0.05, 0) is 24.5 Å². The van der Waals surface area contributed by atoms with Gasteiger partial charge in [-0.15, -0.1) is 0 Å². The number of fused-ring (bicyclic) bond motifs is 3. The van der Waals surface area contributed by atoms with Crippen molar-refractivity contribution in [3.05, 3.63) is 29.7 Å². The van der Waals surface area contributed by atoms with E-state index in [0.29, 0.717) is 44.2 Å². The fourth-order valence-corrected chi connectivity index (χ4v) is 3.97. The highest BCUT2D eigenvalue weighted by molar-refractivity contribution is 6.09. The van der Waals surface area contributed by atoms with Gasteiger partial charge in [0.25, 0.3) is 5.91 Å². The summed E-state index contributed by atoms with van der Waals surface area (Å²) < 4.78 is 60.0. The van der Waals surface area contributed by atoms with Gasteiger partial charge in [0, 0.05) is 18.1 Å². The Morgan fingerprint density at radius 3 is 2.81 bits per heavy atom. The summed E-state index contributed by atoms with van der Waals surface area (Å²) in [4.78, 5) is 12.5. The van der Waals surface area contributed by atoms with Crippen LogP contribution in [-0.2, 0) is 22.2 Å². The number of hydrogen-bond acceptors (Lipinski definition) is 5. The average molecular weight is 437 g/mol. The average Bonchev–Trinajstić information content (AvgIpc) is 3.31. The molecular weight excluding hydrogens is 415 g/mol. The minimum atomic E-state index is -4.77. The maximum Gasteiger partial charge on any atom is 0.421 e. The lowest BCUT2D eigenvalue weighted by atomic mass is 10.1. The minimum absolute atomic E-state index is 0.0188. The van der Waals surface area contributed by atoms with Crippen molar-refractivity contribution in [3.63, 3.8) is 0 Å². The van der Waals surface area contributed by atoms with Crippen LogP contribution < -0.4 is 5.32 Å². The van der Waals surface area contributed by atoms with Crippen LogP contribution in [0.1, 0.15) is 35.4 Å². The van der Waals surface area contributed by atoms with Gasteiger partial charge in [0.05, 0.1) is 31.8 Å². The third-order valence-electron chi connectivity index (χ3n) is 5.68. The number of alkyl halides is 3. The Morgan fingerprint density at radius 1 is 1.26 bits per heavy atom. The van der Waals surface area contributed by atoms with Crippen LogP contribution in [0.15, 0.2) is 22.7 Å². The van der Waals surface area contributed by atoms with Crippen molar-refractivity contribution in [2.45, 2.75) is 38.1 Å². The summed E-state index contributed by atoms with van der Waals surface area (Å²) in [5.74, 6) is -1.02. The van der Waals surface area contributed by atoms with Crippen molar-refractivity contribution in [2.24, 2.45) is 5.92 Å². The van der Waals surface area contributed by atoms with Crippen LogP contribution in [-0.4, -0.2) is 48.2 Å². The lowest BCUT2D eigenvalue weighted by molar-refractivity contribution is -0.137. The number of benzene rings is 1. The quantitative estimate of drug-likeness (QED) is 0.636. The summed E-state index contributed by atoms with van der Waals surface area (Å²) in [6.45, 7) is 2.06. The molecule has 0 unspecified atom stereocenters. The molecule has 10 heteroatoms. The number of amides is 1. The first kappa shape index (κ1) is 20.3. The zero-order valence-corrected chi connectivity index (χ0v) is 16.7. The number of nitrogens with one attached hydrogen (secondary N) is 1. The minimum Gasteiger partial charge on any atom is -0.450 e. The number of rotatable bonds is 6. The normalized spacial score (nSPS) is 19.9. The van der Waals surface area contributed by atoms with Gasteiger partial charge in [-0.1, -0.05) is 12.8 Å². The first-order valence-electron chi connectivity index (χ1n) is 10.4. The molecule has 2 fully saturated rings. The predicted molar refractivity (Wildman–Crippen MR) is 105 cm³/mol. The Hall–Kier alpha value is -2.59. The maximum atomic E-state index is 14.0. The molecule has 1 saturated heterocycles. The summed E-state index contributed by atoms with van der Waals surface area (Å²) in [6.07, 6.45) is -0.366. The Kier molecular flexibility index (Phi) is 5.13. The van der Waals surface area contributed by atoms with Crippen LogP contribution in [0, 0.1) is 5.92 Å². The van der Waals surface area contributed by atoms with Crippen LogP contribution >= 0.6 is 0 Å². The van der Waals surface area contributed by atoms with Gasteiger partial charge < -0.3 is 19.2 Å². The second kappa shape index (κ2) is 7.83. The molecule has 1 atom stereocenters. The molecule has 5 rings (SSSR count). The highest BCUT2D eigenvalue weighted by Gasteiger charge is 2.42. The van der Waals surface area contributed by atoms with Gasteiger partial charge >= 0.3 is 6.18 Å². The Bertz CT molecular complexity index is 1110. The molecule has 1 N–H and O–H groups in total. The Balaban J connectivity index is 1.52. The molecule has 0 bridgehead atoms. The van der Waals surface area contributed by atoms with E-state index >= 15 is 0 Å². The van der Waals surface area contributed by atoms with Gasteiger partial charge in [-0.25, -0.2) is 0 Å². The molecule has 0 spiro atoms. The second-order valence-electron chi connectivity index (χ2n) is 8.09. The molecule has 31 heavy (non-hydrogen) atoms. The fraction of sp³-hybridized carbons (Fsp3) is 0.524. The first-order chi connectivity index (χ1) is 14.9. The molecule has 0 radical (unpaired) electrons. The molecule has 1 saturated carbocycles. The monoisotopic (exact) mass is 437 g/mol. The molecule has 166 valence electrons. The Morgan fingerprint density at radius 2 is 2.10 bits per heavy atom. The number of ether oxygens (including phenoxy) is 2. The van der Waals surface area contributed by atoms with Gasteiger partial charge in [-0.2, -0.15) is 18.3 Å². The van der Waals surface area contributed by atoms with Crippen molar-refractivity contribution in [3.8, 4) is 0 Å². The lowest BCUT2D eigenvalue weighted by Crippen LogP contribution is -2.32. The predicted octanol–water partition coefficient (Wildman–Crippen LogP) is 3.75. The standard InChI is InChI=1S/C21H22F3N3O4/c22-21(23,24)17-16-15(31-19(17)20(28)25-6-5-12-1-2-12)4-3-13-9-27(26-18(13)16)10-14-11-29-7-8-30-14/h3-4,9,12,14H,1-2,5-8,10-11H2,(H,25,28)/t14-/m0/s1. The topological polar surface area (TPSA) is 78.5 Å². The van der Waals surface area contributed by atoms with Crippen LogP contribution in [0.5, 0.6) is 0 Å². The van der Waals surface area contributed by atoms with Gasteiger partial charge in [0.1, 0.15) is 22.8 Å². The van der Waals surface area contributed by atoms with Gasteiger partial charge in [0.2, 0.25) is 5.76 Å². The summed E-state index contributed by atoms with van der Waals surface area (Å²) in [6, 6.07) is 3.08. The van der Waals surface area contributed by atoms with E-state index in [1.54, 1.807) is 16.9 Å². The number of hydrogen-bond donors (Lipinski definition) is 1. The van der Waals surface area contributed by atoms with Crippen molar-refractivity contribution in [2.75, 3.05) is 26.4 Å². The molecule has 1 aliphatic carbocycles. The van der Waals surface area contributed by atoms with Gasteiger partial charge in [0.15, 0.2) is 0 Å². The SMILES string of the molecule is O=C(NCCC1CC1)c1oc2ccc3cn(C[C@H]4COCCO4)nc3c2c1C(F)(F)F. The number of halogens is 3. The van der Waals surface area contributed by atoms with E-state index in [-0.39, 0.29) is 22.6 Å². The van der Waals surface area contributed by atoms with Crippen LogP contribution in [0.4, 0.5) is 13.2 Å². The molecule has 2 aliphatic rings. The van der Waals surface area contributed by atoms with Crippen molar-refractivity contribution in [1.29, 1.82) is 0 Å². The van der Waals surface area contributed by atoms with E-state index in [1.165, 1.54) is 6.07 Å². The van der Waals surface area contributed by atoms with Crippen LogP contribution in [0.25, 0.3) is 21.9 Å². The number of aromatic nitrogens is 2. The zero-order chi connectivity index (χ0) is 21.6. The van der Waals surface area contributed by atoms with E-state index in [4.69, 9.17) is 13.9 Å². The van der Waals surface area contributed by atoms with Crippen molar-refractivity contribution in [1.82, 2.24) is 15.1 Å². The smallest absolute Gasteiger partial charge is 0.421 e. The zero-order valence-electron chi connectivity index (χ0n) is 16.7. The largest absolute Gasteiger partial charge is 0.450 e. The third-order valence-corrected chi connectivity index (χ3v) is 5.68. The van der Waals surface area contributed by atoms with E-state index in [0.717, 1.165) is 19.3 Å². The second-order valence-corrected chi connectivity index (χ2v) is 8.09. The third kappa shape index (κ3) is 4.14. The number of nitrogens with zero attached hydrogens (tertiary/aromatic N) is 2. The number of furan rings is 1. The molecule has 7 nitrogen and oxygen atoms in total. The highest BCUT2D eigenvalue weighted by Crippen LogP contribution is 2.42. The fourth-order valence-electron chi connectivity index (χ4n) is 3.97. The molecular formula is C21H22F3N3O4. The summed E-state index contributed by atoms with van der Waals surface area (Å²) in [7, 11) is 0. The highest BCUT2D eigenvalue weighted by atomic mass is 19.4. The summed E-state index contributed by atoms with van der Waals surface area (Å²) in [5, 5.41) is 7.25. The summed E-state index contributed by atoms with van der Waals surface area (Å²) >= 11 is 0. The van der Waals surface area contributed by atoms with E-state index < -0.39 is 23.4 Å². The molecule has 2 aromatic heterocycles. The molecule has 1 amide bonds. The molecule has 3 heterocycles. The van der Waals surface area contributed by atoms with Crippen molar-refractivity contribution >= 4 is 27.8 Å². The van der Waals surface area contributed by atoms with E-state index in [2.05, 4.69) is 10.4 Å². The van der Waals surface area contributed by atoms with Crippen LogP contribution in [0.2, 0.25) is 0 Å². The maximum absolute atomic E-state index is 14.0. The van der Waals surface area contributed by atoms with Crippen LogP contribution in [0.3, 0.4) is 0 Å². The Labute approximate surface area is 175 Å². The van der Waals surface area contributed by atoms with Gasteiger partial charge in [-0.3, -0.25) is 9.48 Å². The molecule has 1 aromatic carbocycles. The molecule has 1 aliphatic heterocycles. The number of carbonyl (C=O) groups excluding carboxylic acids is 1. The van der Waals surface area contributed by atoms with E-state index in [1.807, 2.05) is 0 Å². The summed E-state index contributed by atoms with van der Waals surface area (Å²) in [5.41, 5.74) is -0.962. The number of carbonyl (C=O) groups is 1.